The summed E-state index contributed by atoms with van der Waals surface area (Å²) < 4.78 is 7.34. The molecule has 0 saturated heterocycles. The fourth-order valence-corrected chi connectivity index (χ4v) is 2.54. The molecule has 0 fully saturated rings. The number of nitrogens with zero attached hydrogens (tertiary/aromatic N) is 3. The summed E-state index contributed by atoms with van der Waals surface area (Å²) in [4.78, 5) is 16.1. The Balaban J connectivity index is 1.85. The van der Waals surface area contributed by atoms with E-state index in [0.29, 0.717) is 24.8 Å². The summed E-state index contributed by atoms with van der Waals surface area (Å²) in [7, 11) is 1.81. The molecule has 2 aromatic heterocycles. The maximum absolute atomic E-state index is 12.1. The lowest BCUT2D eigenvalue weighted by atomic mass is 10.1. The van der Waals surface area contributed by atoms with Crippen LogP contribution in [0.4, 0.5) is 5.82 Å². The van der Waals surface area contributed by atoms with E-state index >= 15 is 0 Å². The van der Waals surface area contributed by atoms with Crippen molar-refractivity contribution in [1.82, 2.24) is 14.8 Å². The maximum Gasteiger partial charge on any atom is 0.227 e. The van der Waals surface area contributed by atoms with Gasteiger partial charge >= 0.3 is 0 Å². The van der Waals surface area contributed by atoms with Gasteiger partial charge in [-0.25, -0.2) is 0 Å². The molecule has 0 unspecified atom stereocenters. The number of amides is 1. The molecule has 1 amide bonds. The molecule has 0 aromatic carbocycles. The first-order chi connectivity index (χ1) is 11.5. The van der Waals surface area contributed by atoms with Crippen LogP contribution < -0.4 is 5.32 Å². The Hall–Kier alpha value is -2.21. The Labute approximate surface area is 143 Å². The van der Waals surface area contributed by atoms with Crippen molar-refractivity contribution in [3.8, 4) is 11.3 Å². The van der Waals surface area contributed by atoms with Crippen molar-refractivity contribution in [3.63, 3.8) is 0 Å². The number of carbonyl (C=O) groups excluding carboxylic acids is 1. The SMILES string of the molecule is CC(C)C[C@@H](C)OCCC(=O)Nc1cc(-c2ccncc2)nn1C. The minimum absolute atomic E-state index is 0.0731. The Morgan fingerprint density at radius 2 is 2.00 bits per heavy atom. The summed E-state index contributed by atoms with van der Waals surface area (Å²) in [6.45, 7) is 6.79. The van der Waals surface area contributed by atoms with Crippen molar-refractivity contribution in [3.05, 3.63) is 30.6 Å². The lowest BCUT2D eigenvalue weighted by Crippen LogP contribution is -2.19. The molecule has 0 saturated carbocycles. The smallest absolute Gasteiger partial charge is 0.227 e. The second kappa shape index (κ2) is 8.59. The fraction of sp³-hybridized carbons (Fsp3) is 0.500. The number of aromatic nitrogens is 3. The van der Waals surface area contributed by atoms with E-state index in [4.69, 9.17) is 4.74 Å². The molecule has 1 N–H and O–H groups in total. The Bertz CT molecular complexity index is 652. The summed E-state index contributed by atoms with van der Waals surface area (Å²) >= 11 is 0. The Morgan fingerprint density at radius 3 is 2.67 bits per heavy atom. The van der Waals surface area contributed by atoms with Crippen LogP contribution in [-0.4, -0.2) is 33.4 Å². The first-order valence-electron chi connectivity index (χ1n) is 8.31. The average molecular weight is 330 g/mol. The predicted molar refractivity (Wildman–Crippen MR) is 94.6 cm³/mol. The highest BCUT2D eigenvalue weighted by atomic mass is 16.5. The highest BCUT2D eigenvalue weighted by Crippen LogP contribution is 2.20. The second-order valence-electron chi connectivity index (χ2n) is 6.38. The van der Waals surface area contributed by atoms with Gasteiger partial charge in [0.2, 0.25) is 5.91 Å². The number of carbonyl (C=O) groups is 1. The van der Waals surface area contributed by atoms with Crippen LogP contribution in [0.3, 0.4) is 0 Å². The third kappa shape index (κ3) is 5.45. The minimum atomic E-state index is -0.0731. The van der Waals surface area contributed by atoms with Gasteiger partial charge in [-0.1, -0.05) is 13.8 Å². The molecular formula is C18H26N4O2. The molecule has 0 aliphatic rings. The number of anilines is 1. The monoisotopic (exact) mass is 330 g/mol. The number of aryl methyl sites for hydroxylation is 1. The molecule has 0 bridgehead atoms. The van der Waals surface area contributed by atoms with Crippen LogP contribution >= 0.6 is 0 Å². The zero-order chi connectivity index (χ0) is 17.5. The van der Waals surface area contributed by atoms with Gasteiger partial charge in [0.25, 0.3) is 0 Å². The van der Waals surface area contributed by atoms with E-state index < -0.39 is 0 Å². The van der Waals surface area contributed by atoms with E-state index in [1.165, 1.54) is 0 Å². The van der Waals surface area contributed by atoms with Gasteiger partial charge < -0.3 is 10.1 Å². The number of pyridine rings is 1. The van der Waals surface area contributed by atoms with E-state index in [9.17, 15) is 4.79 Å². The number of ether oxygens (including phenoxy) is 1. The normalized spacial score (nSPS) is 12.4. The van der Waals surface area contributed by atoms with Gasteiger partial charge in [0, 0.05) is 31.1 Å². The number of hydrogen-bond donors (Lipinski definition) is 1. The van der Waals surface area contributed by atoms with Gasteiger partial charge in [-0.2, -0.15) is 5.10 Å². The summed E-state index contributed by atoms with van der Waals surface area (Å²) in [6.07, 6.45) is 4.94. The van der Waals surface area contributed by atoms with E-state index in [1.807, 2.05) is 32.2 Å². The van der Waals surface area contributed by atoms with Crippen molar-refractivity contribution in [2.24, 2.45) is 13.0 Å². The lowest BCUT2D eigenvalue weighted by Gasteiger charge is -2.14. The van der Waals surface area contributed by atoms with Crippen LogP contribution in [0.15, 0.2) is 30.6 Å². The Kier molecular flexibility index (Phi) is 6.49. The molecule has 2 aromatic rings. The van der Waals surface area contributed by atoms with Crippen molar-refractivity contribution in [2.75, 3.05) is 11.9 Å². The second-order valence-corrected chi connectivity index (χ2v) is 6.38. The first kappa shape index (κ1) is 18.1. The van der Waals surface area contributed by atoms with Crippen molar-refractivity contribution in [2.45, 2.75) is 39.7 Å². The highest BCUT2D eigenvalue weighted by molar-refractivity contribution is 5.90. The number of nitrogens with one attached hydrogen (secondary N) is 1. The molecule has 24 heavy (non-hydrogen) atoms. The third-order valence-corrected chi connectivity index (χ3v) is 3.66. The summed E-state index contributed by atoms with van der Waals surface area (Å²) in [6, 6.07) is 5.63. The van der Waals surface area contributed by atoms with Crippen LogP contribution in [0, 0.1) is 5.92 Å². The van der Waals surface area contributed by atoms with Crippen LogP contribution in [-0.2, 0) is 16.6 Å². The maximum atomic E-state index is 12.1. The molecule has 0 spiro atoms. The molecule has 2 heterocycles. The molecule has 6 heteroatoms. The fourth-order valence-electron chi connectivity index (χ4n) is 2.54. The molecule has 6 nitrogen and oxygen atoms in total. The zero-order valence-electron chi connectivity index (χ0n) is 14.8. The zero-order valence-corrected chi connectivity index (χ0v) is 14.8. The largest absolute Gasteiger partial charge is 0.378 e. The molecule has 130 valence electrons. The minimum Gasteiger partial charge on any atom is -0.378 e. The molecule has 1 atom stereocenters. The first-order valence-corrected chi connectivity index (χ1v) is 8.31. The quantitative estimate of drug-likeness (QED) is 0.806. The third-order valence-electron chi connectivity index (χ3n) is 3.66. The molecule has 0 aliphatic carbocycles. The van der Waals surface area contributed by atoms with Crippen molar-refractivity contribution >= 4 is 11.7 Å². The highest BCUT2D eigenvalue weighted by Gasteiger charge is 2.11. The van der Waals surface area contributed by atoms with E-state index in [0.717, 1.165) is 17.7 Å². The van der Waals surface area contributed by atoms with Gasteiger partial charge in [-0.3, -0.25) is 14.5 Å². The van der Waals surface area contributed by atoms with Crippen molar-refractivity contribution in [1.29, 1.82) is 0 Å². The Morgan fingerprint density at radius 1 is 1.29 bits per heavy atom. The molecule has 0 radical (unpaired) electrons. The van der Waals surface area contributed by atoms with E-state index in [2.05, 4.69) is 29.2 Å². The van der Waals surface area contributed by atoms with Gasteiger partial charge in [-0.15, -0.1) is 0 Å². The average Bonchev–Trinajstić information content (AvgIpc) is 2.88. The van der Waals surface area contributed by atoms with Gasteiger partial charge in [-0.05, 0) is 31.4 Å². The summed E-state index contributed by atoms with van der Waals surface area (Å²) in [5.41, 5.74) is 1.77. The van der Waals surface area contributed by atoms with Gasteiger partial charge in [0.15, 0.2) is 0 Å². The van der Waals surface area contributed by atoms with Crippen LogP contribution in [0.5, 0.6) is 0 Å². The lowest BCUT2D eigenvalue weighted by molar-refractivity contribution is -0.117. The van der Waals surface area contributed by atoms with Crippen molar-refractivity contribution < 1.29 is 9.53 Å². The molecule has 0 aliphatic heterocycles. The van der Waals surface area contributed by atoms with Gasteiger partial charge in [0.05, 0.1) is 24.8 Å². The van der Waals surface area contributed by atoms with E-state index in [1.54, 1.807) is 17.1 Å². The van der Waals surface area contributed by atoms with Crippen LogP contribution in [0.2, 0.25) is 0 Å². The molecule has 2 rings (SSSR count). The van der Waals surface area contributed by atoms with Crippen LogP contribution in [0.25, 0.3) is 11.3 Å². The topological polar surface area (TPSA) is 69.0 Å². The number of rotatable bonds is 8. The summed E-state index contributed by atoms with van der Waals surface area (Å²) in [5, 5.41) is 7.30. The van der Waals surface area contributed by atoms with Gasteiger partial charge in [0.1, 0.15) is 5.82 Å². The summed E-state index contributed by atoms with van der Waals surface area (Å²) in [5.74, 6) is 1.19. The molecular weight excluding hydrogens is 304 g/mol. The van der Waals surface area contributed by atoms with Crippen LogP contribution in [0.1, 0.15) is 33.6 Å². The predicted octanol–water partition coefficient (Wildman–Crippen LogP) is 3.26. The number of hydrogen-bond acceptors (Lipinski definition) is 4. The standard InChI is InChI=1S/C18H26N4O2/c1-13(2)11-14(3)24-10-7-18(23)20-17-12-16(21-22(17)4)15-5-8-19-9-6-15/h5-6,8-9,12-14H,7,10-11H2,1-4H3,(H,20,23)/t14-/m1/s1. The van der Waals surface area contributed by atoms with E-state index in [-0.39, 0.29) is 12.0 Å².